The van der Waals surface area contributed by atoms with E-state index in [-0.39, 0.29) is 0 Å². The Hall–Kier alpha value is -1.52. The Kier molecular flexibility index (Phi) is 4.41. The van der Waals surface area contributed by atoms with Crippen molar-refractivity contribution in [3.05, 3.63) is 46.1 Å². The molecule has 1 heterocycles. The number of ether oxygens (including phenoxy) is 1. The van der Waals surface area contributed by atoms with Gasteiger partial charge < -0.3 is 10.1 Å². The van der Waals surface area contributed by atoms with E-state index in [4.69, 9.17) is 16.3 Å². The Morgan fingerprint density at radius 2 is 2.05 bits per heavy atom. The number of aromatic nitrogens is 2. The number of rotatable bonds is 6. The van der Waals surface area contributed by atoms with E-state index >= 15 is 0 Å². The number of nitrogens with zero attached hydrogens (tertiary/aromatic N) is 2. The van der Waals surface area contributed by atoms with Crippen LogP contribution in [0.2, 0.25) is 5.02 Å². The average molecular weight is 320 g/mol. The van der Waals surface area contributed by atoms with Crippen LogP contribution >= 0.6 is 11.6 Å². The second kappa shape index (κ2) is 6.31. The highest BCUT2D eigenvalue weighted by Crippen LogP contribution is 2.41. The van der Waals surface area contributed by atoms with Crippen molar-refractivity contribution in [3.8, 4) is 5.88 Å². The molecule has 0 spiro atoms. The zero-order valence-corrected chi connectivity index (χ0v) is 14.0. The minimum Gasteiger partial charge on any atom is -0.481 e. The Morgan fingerprint density at radius 1 is 1.36 bits per heavy atom. The van der Waals surface area contributed by atoms with Crippen molar-refractivity contribution in [1.29, 1.82) is 0 Å². The molecule has 4 nitrogen and oxygen atoms in total. The molecule has 0 amide bonds. The largest absolute Gasteiger partial charge is 0.481 e. The normalized spacial score (nSPS) is 15.8. The summed E-state index contributed by atoms with van der Waals surface area (Å²) in [5.74, 6) is 1.54. The first-order valence-corrected chi connectivity index (χ1v) is 8.03. The van der Waals surface area contributed by atoms with Crippen LogP contribution in [0.5, 0.6) is 5.88 Å². The minimum atomic E-state index is 0.363. The van der Waals surface area contributed by atoms with E-state index in [9.17, 15) is 0 Å². The molecule has 118 valence electrons. The smallest absolute Gasteiger partial charge is 0.216 e. The Morgan fingerprint density at radius 3 is 2.64 bits per heavy atom. The van der Waals surface area contributed by atoms with Gasteiger partial charge in [0.1, 0.15) is 0 Å². The van der Waals surface area contributed by atoms with E-state index in [2.05, 4.69) is 22.5 Å². The zero-order chi connectivity index (χ0) is 15.7. The summed E-state index contributed by atoms with van der Waals surface area (Å²) in [7, 11) is 3.60. The summed E-state index contributed by atoms with van der Waals surface area (Å²) in [6, 6.07) is 8.52. The molecule has 1 aromatic heterocycles. The van der Waals surface area contributed by atoms with Gasteiger partial charge in [0.2, 0.25) is 5.88 Å². The molecule has 1 aliphatic carbocycles. The quantitative estimate of drug-likeness (QED) is 0.883. The second-order valence-corrected chi connectivity index (χ2v) is 6.38. The Bertz CT molecular complexity index is 647. The highest BCUT2D eigenvalue weighted by molar-refractivity contribution is 6.30. The van der Waals surface area contributed by atoms with Crippen LogP contribution in [0.4, 0.5) is 0 Å². The molecular weight excluding hydrogens is 298 g/mol. The van der Waals surface area contributed by atoms with Gasteiger partial charge in [-0.25, -0.2) is 4.68 Å². The van der Waals surface area contributed by atoms with Crippen LogP contribution in [0.1, 0.15) is 35.7 Å². The lowest BCUT2D eigenvalue weighted by Gasteiger charge is -2.19. The summed E-state index contributed by atoms with van der Waals surface area (Å²) in [4.78, 5) is 0. The molecule has 5 heteroatoms. The molecule has 1 fully saturated rings. The molecular formula is C17H22ClN3O. The van der Waals surface area contributed by atoms with Crippen LogP contribution in [0.15, 0.2) is 24.3 Å². The minimum absolute atomic E-state index is 0.363. The van der Waals surface area contributed by atoms with Crippen molar-refractivity contribution in [2.45, 2.75) is 32.4 Å². The fourth-order valence-corrected chi connectivity index (χ4v) is 3.13. The van der Waals surface area contributed by atoms with Crippen LogP contribution in [0, 0.1) is 12.8 Å². The van der Waals surface area contributed by atoms with Crippen LogP contribution in [-0.2, 0) is 13.6 Å². The molecule has 1 N–H and O–H groups in total. The fourth-order valence-electron chi connectivity index (χ4n) is 3.01. The van der Waals surface area contributed by atoms with Crippen molar-refractivity contribution in [1.82, 2.24) is 15.1 Å². The SMILES string of the molecule is COc1c(CN[C@H](c2ccc(Cl)cc2)C2CC2)c(C)nn1C. The van der Waals surface area contributed by atoms with E-state index in [1.165, 1.54) is 18.4 Å². The maximum atomic E-state index is 6.00. The predicted molar refractivity (Wildman–Crippen MR) is 88.3 cm³/mol. The molecule has 0 bridgehead atoms. The zero-order valence-electron chi connectivity index (χ0n) is 13.3. The summed E-state index contributed by atoms with van der Waals surface area (Å²) in [5.41, 5.74) is 3.44. The number of methoxy groups -OCH3 is 1. The van der Waals surface area contributed by atoms with Gasteiger partial charge in [-0.1, -0.05) is 23.7 Å². The van der Waals surface area contributed by atoms with Crippen molar-refractivity contribution < 1.29 is 4.74 Å². The standard InChI is InChI=1S/C17H22ClN3O/c1-11-15(17(22-3)21(2)20-11)10-19-16(12-4-5-12)13-6-8-14(18)9-7-13/h6-9,12,16,19H,4-5,10H2,1-3H3/t16-/m0/s1. The summed E-state index contributed by atoms with van der Waals surface area (Å²) in [6.07, 6.45) is 2.56. The molecule has 0 aliphatic heterocycles. The topological polar surface area (TPSA) is 39.1 Å². The van der Waals surface area contributed by atoms with E-state index in [1.807, 2.05) is 26.1 Å². The molecule has 22 heavy (non-hydrogen) atoms. The maximum absolute atomic E-state index is 6.00. The van der Waals surface area contributed by atoms with Crippen LogP contribution in [0.25, 0.3) is 0 Å². The van der Waals surface area contributed by atoms with Crippen LogP contribution in [0.3, 0.4) is 0 Å². The van der Waals surface area contributed by atoms with Gasteiger partial charge in [-0.05, 0) is 43.4 Å². The molecule has 1 saturated carbocycles. The highest BCUT2D eigenvalue weighted by atomic mass is 35.5. The van der Waals surface area contributed by atoms with Gasteiger partial charge in [-0.15, -0.1) is 0 Å². The fraction of sp³-hybridized carbons (Fsp3) is 0.471. The summed E-state index contributed by atoms with van der Waals surface area (Å²) in [5, 5.41) is 8.91. The Balaban J connectivity index is 1.77. The maximum Gasteiger partial charge on any atom is 0.216 e. The van der Waals surface area contributed by atoms with Gasteiger partial charge in [-0.3, -0.25) is 0 Å². The third-order valence-corrected chi connectivity index (χ3v) is 4.56. The monoisotopic (exact) mass is 319 g/mol. The van der Waals surface area contributed by atoms with Gasteiger partial charge in [0.25, 0.3) is 0 Å². The van der Waals surface area contributed by atoms with Crippen molar-refractivity contribution in [2.75, 3.05) is 7.11 Å². The lowest BCUT2D eigenvalue weighted by Crippen LogP contribution is -2.23. The molecule has 0 unspecified atom stereocenters. The van der Waals surface area contributed by atoms with Crippen LogP contribution < -0.4 is 10.1 Å². The van der Waals surface area contributed by atoms with Gasteiger partial charge in [0.05, 0.1) is 18.4 Å². The van der Waals surface area contributed by atoms with Crippen molar-refractivity contribution in [3.63, 3.8) is 0 Å². The van der Waals surface area contributed by atoms with E-state index < -0.39 is 0 Å². The third kappa shape index (κ3) is 3.13. The summed E-state index contributed by atoms with van der Waals surface area (Å²) in [6.45, 7) is 2.78. The van der Waals surface area contributed by atoms with Crippen LogP contribution in [-0.4, -0.2) is 16.9 Å². The molecule has 1 atom stereocenters. The van der Waals surface area contributed by atoms with E-state index in [0.29, 0.717) is 12.0 Å². The Labute approximate surface area is 136 Å². The third-order valence-electron chi connectivity index (χ3n) is 4.30. The number of aryl methyl sites for hydroxylation is 2. The van der Waals surface area contributed by atoms with Gasteiger partial charge >= 0.3 is 0 Å². The van der Waals surface area contributed by atoms with Gasteiger partial charge in [-0.2, -0.15) is 5.10 Å². The molecule has 3 rings (SSSR count). The summed E-state index contributed by atoms with van der Waals surface area (Å²) < 4.78 is 7.26. The van der Waals surface area contributed by atoms with Crippen molar-refractivity contribution >= 4 is 11.6 Å². The average Bonchev–Trinajstić information content (AvgIpc) is 3.28. The first kappa shape index (κ1) is 15.4. The van der Waals surface area contributed by atoms with E-state index in [0.717, 1.165) is 28.7 Å². The number of nitrogens with one attached hydrogen (secondary N) is 1. The summed E-state index contributed by atoms with van der Waals surface area (Å²) >= 11 is 6.00. The predicted octanol–water partition coefficient (Wildman–Crippen LogP) is 3.63. The van der Waals surface area contributed by atoms with Crippen molar-refractivity contribution in [2.24, 2.45) is 13.0 Å². The molecule has 1 aliphatic rings. The van der Waals surface area contributed by atoms with Gasteiger partial charge in [0, 0.05) is 24.7 Å². The second-order valence-electron chi connectivity index (χ2n) is 5.94. The molecule has 1 aromatic carbocycles. The first-order chi connectivity index (χ1) is 10.6. The van der Waals surface area contributed by atoms with Gasteiger partial charge in [0.15, 0.2) is 0 Å². The molecule has 0 radical (unpaired) electrons. The number of hydrogen-bond acceptors (Lipinski definition) is 3. The molecule has 0 saturated heterocycles. The number of halogens is 1. The number of benzene rings is 1. The van der Waals surface area contributed by atoms with E-state index in [1.54, 1.807) is 11.8 Å². The lowest BCUT2D eigenvalue weighted by molar-refractivity contribution is 0.365. The highest BCUT2D eigenvalue weighted by Gasteiger charge is 2.32. The first-order valence-electron chi connectivity index (χ1n) is 7.65. The molecule has 2 aromatic rings. The number of hydrogen-bond donors (Lipinski definition) is 1. The lowest BCUT2D eigenvalue weighted by atomic mass is 10.0.